The first-order chi connectivity index (χ1) is 3.91. The highest BCUT2D eigenvalue weighted by Crippen LogP contribution is 1.93. The molecule has 0 aromatic heterocycles. The van der Waals surface area contributed by atoms with Crippen LogP contribution in [-0.4, -0.2) is 0 Å². The maximum absolute atomic E-state index is 9.72. The van der Waals surface area contributed by atoms with Gasteiger partial charge in [-0.2, -0.15) is 0 Å². The highest BCUT2D eigenvalue weighted by Gasteiger charge is 1.83. The monoisotopic (exact) mass is 131 g/mol. The summed E-state index contributed by atoms with van der Waals surface area (Å²) >= 11 is 0.522. The summed E-state index contributed by atoms with van der Waals surface area (Å²) in [5.41, 5.74) is 0. The van der Waals surface area contributed by atoms with E-state index in [9.17, 15) is 4.21 Å². The summed E-state index contributed by atoms with van der Waals surface area (Å²) in [5, 5.41) is 1.59. The average molecular weight is 131 g/mol. The Labute approximate surface area is 54.3 Å². The first-order valence-electron chi connectivity index (χ1n) is 2.85. The van der Waals surface area contributed by atoms with E-state index < -0.39 is 0 Å². The van der Waals surface area contributed by atoms with Crippen LogP contribution >= 0.6 is 0 Å². The van der Waals surface area contributed by atoms with E-state index in [0.717, 1.165) is 6.42 Å². The zero-order chi connectivity index (χ0) is 6.24. The molecule has 0 rings (SSSR count). The third-order valence-corrected chi connectivity index (χ3v) is 1.18. The fourth-order valence-corrected chi connectivity index (χ4v) is 0.644. The molecular weight excluding hydrogens is 120 g/mol. The predicted molar refractivity (Wildman–Crippen MR) is 36.7 cm³/mol. The highest BCUT2D eigenvalue weighted by atomic mass is 32.1. The Morgan fingerprint density at radius 2 is 2.38 bits per heavy atom. The van der Waals surface area contributed by atoms with Gasteiger partial charge >= 0.3 is 11.7 Å². The van der Waals surface area contributed by atoms with Crippen LogP contribution in [-0.2, 0) is 15.9 Å². The van der Waals surface area contributed by atoms with E-state index in [2.05, 4.69) is 6.92 Å². The molecule has 0 fully saturated rings. The summed E-state index contributed by atoms with van der Waals surface area (Å²) in [6, 6.07) is 0. The van der Waals surface area contributed by atoms with Crippen molar-refractivity contribution in [3.8, 4) is 0 Å². The minimum Gasteiger partial charge on any atom is -0.0654 e. The molecule has 0 aromatic rings. The van der Waals surface area contributed by atoms with Crippen molar-refractivity contribution in [2.24, 2.45) is 0 Å². The van der Waals surface area contributed by atoms with Gasteiger partial charge < -0.3 is 0 Å². The van der Waals surface area contributed by atoms with E-state index in [4.69, 9.17) is 0 Å². The van der Waals surface area contributed by atoms with Gasteiger partial charge in [0.2, 0.25) is 5.41 Å². The summed E-state index contributed by atoms with van der Waals surface area (Å²) in [5.74, 6) is 0. The van der Waals surface area contributed by atoms with Crippen molar-refractivity contribution >= 4 is 11.7 Å². The van der Waals surface area contributed by atoms with Crippen LogP contribution in [0.4, 0.5) is 0 Å². The molecule has 0 heterocycles. The Morgan fingerprint density at radius 3 is 2.88 bits per heavy atom. The molecule has 0 aromatic carbocycles. The number of hydrogen-bond acceptors (Lipinski definition) is 1. The number of rotatable bonds is 4. The first-order valence-corrected chi connectivity index (χ1v) is 3.66. The van der Waals surface area contributed by atoms with Crippen LogP contribution in [0.3, 0.4) is 0 Å². The SMILES string of the molecule is CCCCC=C[S+]=O. The van der Waals surface area contributed by atoms with Crippen molar-refractivity contribution in [2.75, 3.05) is 0 Å². The highest BCUT2D eigenvalue weighted by molar-refractivity contribution is 7.68. The van der Waals surface area contributed by atoms with E-state index >= 15 is 0 Å². The number of hydrogen-bond donors (Lipinski definition) is 0. The number of unbranched alkanes of at least 4 members (excludes halogenated alkanes) is 2. The van der Waals surface area contributed by atoms with Crippen molar-refractivity contribution in [1.82, 2.24) is 0 Å². The number of allylic oxidation sites excluding steroid dienone is 1. The molecule has 1 nitrogen and oxygen atoms in total. The van der Waals surface area contributed by atoms with Gasteiger partial charge in [0.15, 0.2) is 0 Å². The largest absolute Gasteiger partial charge is 0.496 e. The zero-order valence-corrected chi connectivity index (χ0v) is 5.91. The van der Waals surface area contributed by atoms with Crippen LogP contribution in [0.15, 0.2) is 11.5 Å². The van der Waals surface area contributed by atoms with Gasteiger partial charge in [-0.1, -0.05) is 13.3 Å². The molecule has 0 N–H and O–H groups in total. The van der Waals surface area contributed by atoms with Gasteiger partial charge in [0.1, 0.15) is 0 Å². The Hall–Kier alpha value is -0.240. The maximum Gasteiger partial charge on any atom is 0.496 e. The smallest absolute Gasteiger partial charge is 0.0654 e. The molecule has 0 aliphatic rings. The van der Waals surface area contributed by atoms with E-state index in [0.29, 0.717) is 11.7 Å². The predicted octanol–water partition coefficient (Wildman–Crippen LogP) is 2.12. The van der Waals surface area contributed by atoms with Crippen molar-refractivity contribution in [2.45, 2.75) is 26.2 Å². The van der Waals surface area contributed by atoms with E-state index in [1.807, 2.05) is 6.08 Å². The second kappa shape index (κ2) is 6.76. The van der Waals surface area contributed by atoms with Crippen molar-refractivity contribution in [3.63, 3.8) is 0 Å². The summed E-state index contributed by atoms with van der Waals surface area (Å²) in [6.07, 6.45) is 5.36. The van der Waals surface area contributed by atoms with E-state index in [-0.39, 0.29) is 0 Å². The molecule has 0 bridgehead atoms. The molecule has 0 atom stereocenters. The van der Waals surface area contributed by atoms with Crippen molar-refractivity contribution in [3.05, 3.63) is 11.5 Å². The topological polar surface area (TPSA) is 17.1 Å². The lowest BCUT2D eigenvalue weighted by Gasteiger charge is -1.81. The van der Waals surface area contributed by atoms with Crippen LogP contribution in [0.5, 0.6) is 0 Å². The molecule has 0 unspecified atom stereocenters. The first kappa shape index (κ1) is 7.76. The quantitative estimate of drug-likeness (QED) is 0.422. The second-order valence-corrected chi connectivity index (χ2v) is 2.07. The van der Waals surface area contributed by atoms with E-state index in [1.54, 1.807) is 5.41 Å². The summed E-state index contributed by atoms with van der Waals surface area (Å²) in [4.78, 5) is 0. The third kappa shape index (κ3) is 5.76. The van der Waals surface area contributed by atoms with Crippen LogP contribution in [0.2, 0.25) is 0 Å². The molecule has 0 spiro atoms. The Morgan fingerprint density at radius 1 is 1.62 bits per heavy atom. The van der Waals surface area contributed by atoms with Crippen molar-refractivity contribution < 1.29 is 4.21 Å². The summed E-state index contributed by atoms with van der Waals surface area (Å²) in [7, 11) is 0. The maximum atomic E-state index is 9.72. The fraction of sp³-hybridized carbons (Fsp3) is 0.667. The third-order valence-electron chi connectivity index (χ3n) is 0.876. The zero-order valence-electron chi connectivity index (χ0n) is 5.09. The molecule has 8 heavy (non-hydrogen) atoms. The summed E-state index contributed by atoms with van der Waals surface area (Å²) < 4.78 is 9.72. The van der Waals surface area contributed by atoms with Gasteiger partial charge in [0, 0.05) is 4.21 Å². The molecule has 0 amide bonds. The Bertz CT molecular complexity index is 78.6. The van der Waals surface area contributed by atoms with Crippen LogP contribution in [0.25, 0.3) is 0 Å². The molecule has 0 saturated heterocycles. The molecule has 0 aliphatic carbocycles. The van der Waals surface area contributed by atoms with Crippen molar-refractivity contribution in [1.29, 1.82) is 0 Å². The lowest BCUT2D eigenvalue weighted by Crippen LogP contribution is -1.64. The van der Waals surface area contributed by atoms with Crippen LogP contribution in [0, 0.1) is 0 Å². The van der Waals surface area contributed by atoms with E-state index in [1.165, 1.54) is 12.8 Å². The fourth-order valence-electron chi connectivity index (χ4n) is 0.429. The normalized spacial score (nSPS) is 10.1. The molecule has 0 aliphatic heterocycles. The molecular formula is C6H11OS+. The molecule has 2 heteroatoms. The van der Waals surface area contributed by atoms with Gasteiger partial charge in [0.25, 0.3) is 0 Å². The standard InChI is InChI=1S/C6H11OS/c1-2-3-4-5-6-8-7/h5-6H,2-4H2,1H3/q+1. The van der Waals surface area contributed by atoms with Gasteiger partial charge in [-0.15, -0.1) is 0 Å². The molecule has 0 radical (unpaired) electrons. The van der Waals surface area contributed by atoms with Crippen LogP contribution in [0.1, 0.15) is 26.2 Å². The minimum absolute atomic E-state index is 0.522. The van der Waals surface area contributed by atoms with Gasteiger partial charge in [-0.25, -0.2) is 0 Å². The Balaban J connectivity index is 2.91. The second-order valence-electron chi connectivity index (χ2n) is 1.61. The molecule has 0 saturated carbocycles. The lowest BCUT2D eigenvalue weighted by molar-refractivity contribution is 0.608. The Kier molecular flexibility index (Phi) is 6.56. The molecule has 46 valence electrons. The van der Waals surface area contributed by atoms with Gasteiger partial charge in [0.05, 0.1) is 0 Å². The van der Waals surface area contributed by atoms with Gasteiger partial charge in [-0.3, -0.25) is 0 Å². The summed E-state index contributed by atoms with van der Waals surface area (Å²) in [6.45, 7) is 2.14. The minimum atomic E-state index is 0.522. The average Bonchev–Trinajstić information content (AvgIpc) is 1.81. The van der Waals surface area contributed by atoms with Gasteiger partial charge in [-0.05, 0) is 18.9 Å². The lowest BCUT2D eigenvalue weighted by atomic mass is 10.2. The van der Waals surface area contributed by atoms with Crippen LogP contribution < -0.4 is 0 Å².